The van der Waals surface area contributed by atoms with Crippen LogP contribution in [0.5, 0.6) is 5.75 Å². The van der Waals surface area contributed by atoms with Crippen molar-refractivity contribution in [1.29, 1.82) is 0 Å². The molecule has 0 bridgehead atoms. The molecule has 0 unspecified atom stereocenters. The number of aromatic nitrogens is 5. The number of aromatic amines is 1. The molecule has 8 nitrogen and oxygen atoms in total. The van der Waals surface area contributed by atoms with Crippen LogP contribution < -0.4 is 10.1 Å². The molecule has 0 atom stereocenters. The molecule has 138 valence electrons. The molecule has 0 spiro atoms. The van der Waals surface area contributed by atoms with Gasteiger partial charge in [-0.1, -0.05) is 11.6 Å². The zero-order valence-electron chi connectivity index (χ0n) is 14.6. The molecule has 0 aliphatic heterocycles. The van der Waals surface area contributed by atoms with Crippen LogP contribution >= 0.6 is 11.6 Å². The van der Waals surface area contributed by atoms with Crippen LogP contribution in [0.3, 0.4) is 0 Å². The molecule has 5 rings (SSSR count). The predicted molar refractivity (Wildman–Crippen MR) is 106 cm³/mol. The maximum absolute atomic E-state index is 6.25. The second kappa shape index (κ2) is 6.50. The van der Waals surface area contributed by atoms with Crippen molar-refractivity contribution in [3.05, 3.63) is 54.2 Å². The van der Waals surface area contributed by atoms with Gasteiger partial charge in [-0.15, -0.1) is 0 Å². The van der Waals surface area contributed by atoms with E-state index in [4.69, 9.17) is 20.8 Å². The first-order chi connectivity index (χ1) is 13.7. The van der Waals surface area contributed by atoms with Gasteiger partial charge in [0.25, 0.3) is 0 Å². The fourth-order valence-corrected chi connectivity index (χ4v) is 3.22. The number of anilines is 2. The number of ether oxygens (including phenoxy) is 1. The lowest BCUT2D eigenvalue weighted by Gasteiger charge is -2.09. The summed E-state index contributed by atoms with van der Waals surface area (Å²) in [6.45, 7) is 0. The molecule has 0 aliphatic rings. The number of fused-ring (bicyclic) bond motifs is 2. The number of furan rings is 1. The van der Waals surface area contributed by atoms with Crippen molar-refractivity contribution in [2.24, 2.45) is 0 Å². The minimum Gasteiger partial charge on any atom is -0.494 e. The van der Waals surface area contributed by atoms with Gasteiger partial charge < -0.3 is 14.5 Å². The molecular weight excluding hydrogens is 380 g/mol. The van der Waals surface area contributed by atoms with E-state index in [0.717, 1.165) is 27.7 Å². The minimum absolute atomic E-state index is 0.428. The summed E-state index contributed by atoms with van der Waals surface area (Å²) in [5.74, 6) is 1.49. The number of nitrogens with one attached hydrogen (secondary N) is 2. The van der Waals surface area contributed by atoms with Crippen LogP contribution in [0.2, 0.25) is 5.02 Å². The van der Waals surface area contributed by atoms with E-state index >= 15 is 0 Å². The lowest BCUT2D eigenvalue weighted by atomic mass is 10.2. The monoisotopic (exact) mass is 392 g/mol. The molecule has 28 heavy (non-hydrogen) atoms. The Morgan fingerprint density at radius 2 is 1.93 bits per heavy atom. The maximum Gasteiger partial charge on any atom is 0.198 e. The smallest absolute Gasteiger partial charge is 0.198 e. The summed E-state index contributed by atoms with van der Waals surface area (Å²) in [7, 11) is 1.56. The lowest BCUT2D eigenvalue weighted by Crippen LogP contribution is -1.95. The number of halogens is 1. The largest absolute Gasteiger partial charge is 0.494 e. The standard InChI is InChI=1S/C19H13ClN6O2/c1-27-10-6-22-19(23-7-10)18-17(11-4-5-21-9-15(11)28-18)25-14-3-2-13(20)16-12(14)8-24-26-16/h2-9,25H,1H3,(H,24,26). The normalized spacial score (nSPS) is 11.2. The van der Waals surface area contributed by atoms with Gasteiger partial charge in [-0.05, 0) is 18.2 Å². The van der Waals surface area contributed by atoms with E-state index in [1.807, 2.05) is 12.1 Å². The molecule has 1 aromatic carbocycles. The average molecular weight is 393 g/mol. The quantitative estimate of drug-likeness (QED) is 0.462. The number of H-pyrrole nitrogens is 1. The van der Waals surface area contributed by atoms with Crippen molar-refractivity contribution >= 4 is 44.8 Å². The average Bonchev–Trinajstić information content (AvgIpc) is 3.36. The van der Waals surface area contributed by atoms with Crippen LogP contribution in [0.1, 0.15) is 0 Å². The van der Waals surface area contributed by atoms with Gasteiger partial charge in [-0.3, -0.25) is 10.1 Å². The SMILES string of the molecule is COc1cnc(-c2oc3cnccc3c2Nc2ccc(Cl)c3[nH]ncc23)nc1. The molecular formula is C19H13ClN6O2. The van der Waals surface area contributed by atoms with E-state index in [0.29, 0.717) is 27.9 Å². The summed E-state index contributed by atoms with van der Waals surface area (Å²) < 4.78 is 11.1. The van der Waals surface area contributed by atoms with E-state index in [-0.39, 0.29) is 0 Å². The fourth-order valence-electron chi connectivity index (χ4n) is 3.02. The third-order valence-electron chi connectivity index (χ3n) is 4.38. The molecule has 0 saturated carbocycles. The molecule has 4 aromatic heterocycles. The molecule has 2 N–H and O–H groups in total. The molecule has 0 saturated heterocycles. The highest BCUT2D eigenvalue weighted by atomic mass is 35.5. The van der Waals surface area contributed by atoms with Gasteiger partial charge in [0.2, 0.25) is 0 Å². The second-order valence-electron chi connectivity index (χ2n) is 6.00. The third-order valence-corrected chi connectivity index (χ3v) is 4.70. The van der Waals surface area contributed by atoms with Gasteiger partial charge in [-0.2, -0.15) is 5.10 Å². The Kier molecular flexibility index (Phi) is 3.84. The Morgan fingerprint density at radius 3 is 2.75 bits per heavy atom. The van der Waals surface area contributed by atoms with Crippen LogP contribution in [0, 0.1) is 0 Å². The van der Waals surface area contributed by atoms with Gasteiger partial charge >= 0.3 is 0 Å². The Bertz CT molecular complexity index is 1300. The Morgan fingerprint density at radius 1 is 1.07 bits per heavy atom. The molecule has 5 aromatic rings. The van der Waals surface area contributed by atoms with Crippen molar-refractivity contribution in [2.45, 2.75) is 0 Å². The number of methoxy groups -OCH3 is 1. The molecule has 0 aliphatic carbocycles. The maximum atomic E-state index is 6.25. The molecule has 0 fully saturated rings. The number of rotatable bonds is 4. The first-order valence-electron chi connectivity index (χ1n) is 8.36. The van der Waals surface area contributed by atoms with Crippen LogP contribution in [0.25, 0.3) is 33.5 Å². The van der Waals surface area contributed by atoms with E-state index in [1.165, 1.54) is 0 Å². The fraction of sp³-hybridized carbons (Fsp3) is 0.0526. The Balaban J connectivity index is 1.69. The molecule has 0 radical (unpaired) electrons. The van der Waals surface area contributed by atoms with E-state index < -0.39 is 0 Å². The minimum atomic E-state index is 0.428. The second-order valence-corrected chi connectivity index (χ2v) is 6.41. The zero-order chi connectivity index (χ0) is 19.1. The third kappa shape index (κ3) is 2.62. The van der Waals surface area contributed by atoms with Gasteiger partial charge in [0, 0.05) is 22.7 Å². The summed E-state index contributed by atoms with van der Waals surface area (Å²) in [6.07, 6.45) is 8.26. The summed E-state index contributed by atoms with van der Waals surface area (Å²) in [4.78, 5) is 12.8. The lowest BCUT2D eigenvalue weighted by molar-refractivity contribution is 0.410. The summed E-state index contributed by atoms with van der Waals surface area (Å²) in [5.41, 5.74) is 2.93. The van der Waals surface area contributed by atoms with E-state index in [2.05, 4.69) is 30.5 Å². The van der Waals surface area contributed by atoms with Crippen LogP contribution in [0.15, 0.2) is 53.6 Å². The molecule has 9 heteroatoms. The predicted octanol–water partition coefficient (Wildman–Crippen LogP) is 4.57. The van der Waals surface area contributed by atoms with Gasteiger partial charge in [0.1, 0.15) is 0 Å². The van der Waals surface area contributed by atoms with Crippen LogP contribution in [-0.2, 0) is 0 Å². The zero-order valence-corrected chi connectivity index (χ0v) is 15.4. The number of hydrogen-bond acceptors (Lipinski definition) is 7. The summed E-state index contributed by atoms with van der Waals surface area (Å²) >= 11 is 6.25. The molecule has 4 heterocycles. The number of nitrogens with zero attached hydrogens (tertiary/aromatic N) is 4. The number of benzene rings is 1. The number of hydrogen-bond donors (Lipinski definition) is 2. The highest BCUT2D eigenvalue weighted by Crippen LogP contribution is 2.40. The molecule has 0 amide bonds. The van der Waals surface area contributed by atoms with Crippen LogP contribution in [-0.4, -0.2) is 32.3 Å². The summed E-state index contributed by atoms with van der Waals surface area (Å²) in [6, 6.07) is 5.56. The van der Waals surface area contributed by atoms with Gasteiger partial charge in [0.15, 0.2) is 22.9 Å². The number of pyridine rings is 1. The van der Waals surface area contributed by atoms with Crippen molar-refractivity contribution in [2.75, 3.05) is 12.4 Å². The van der Waals surface area contributed by atoms with E-state index in [1.54, 1.807) is 44.2 Å². The van der Waals surface area contributed by atoms with Crippen LogP contribution in [0.4, 0.5) is 11.4 Å². The van der Waals surface area contributed by atoms with Crippen molar-refractivity contribution in [3.8, 4) is 17.3 Å². The van der Waals surface area contributed by atoms with Crippen molar-refractivity contribution in [3.63, 3.8) is 0 Å². The first kappa shape index (κ1) is 16.5. The first-order valence-corrected chi connectivity index (χ1v) is 8.74. The van der Waals surface area contributed by atoms with Gasteiger partial charge in [-0.25, -0.2) is 9.97 Å². The topological polar surface area (TPSA) is 102 Å². The Labute approximate surface area is 163 Å². The highest BCUT2D eigenvalue weighted by Gasteiger charge is 2.20. The highest BCUT2D eigenvalue weighted by molar-refractivity contribution is 6.35. The van der Waals surface area contributed by atoms with Crippen molar-refractivity contribution < 1.29 is 9.15 Å². The van der Waals surface area contributed by atoms with Gasteiger partial charge in [0.05, 0.1) is 48.1 Å². The van der Waals surface area contributed by atoms with Crippen molar-refractivity contribution in [1.82, 2.24) is 25.1 Å². The Hall–Kier alpha value is -3.65. The summed E-state index contributed by atoms with van der Waals surface area (Å²) in [5, 5.41) is 12.7. The van der Waals surface area contributed by atoms with E-state index in [9.17, 15) is 0 Å².